The summed E-state index contributed by atoms with van der Waals surface area (Å²) in [4.78, 5) is 31.7. The zero-order chi connectivity index (χ0) is 23.4. The Morgan fingerprint density at radius 3 is 2.69 bits per heavy atom. The molecule has 32 heavy (non-hydrogen) atoms. The number of nitrogens with one attached hydrogen (secondary N) is 1. The van der Waals surface area contributed by atoms with Crippen molar-refractivity contribution in [2.45, 2.75) is 32.7 Å². The maximum Gasteiger partial charge on any atom is 0.296 e. The van der Waals surface area contributed by atoms with Gasteiger partial charge in [0, 0.05) is 22.3 Å². The molecule has 1 N–H and O–H groups in total. The van der Waals surface area contributed by atoms with Crippen LogP contribution in [0.3, 0.4) is 0 Å². The SMILES string of the molecule is CCc1ccc(Cn2cnc(CC(F)F)c(Oc3cc(Cl)cc(C#N)c3F)c2=O)c(=O)[nH]1. The first-order valence-electron chi connectivity index (χ1n) is 9.38. The van der Waals surface area contributed by atoms with Crippen LogP contribution in [0.5, 0.6) is 11.5 Å². The largest absolute Gasteiger partial charge is 0.446 e. The van der Waals surface area contributed by atoms with E-state index in [0.717, 1.165) is 23.0 Å². The lowest BCUT2D eigenvalue weighted by Crippen LogP contribution is -2.27. The topological polar surface area (TPSA) is 101 Å². The Bertz CT molecular complexity index is 1320. The molecule has 0 unspecified atom stereocenters. The van der Waals surface area contributed by atoms with Gasteiger partial charge in [-0.1, -0.05) is 18.5 Å². The van der Waals surface area contributed by atoms with Crippen molar-refractivity contribution in [3.63, 3.8) is 0 Å². The highest BCUT2D eigenvalue weighted by Gasteiger charge is 2.21. The maximum absolute atomic E-state index is 14.5. The molecule has 0 aliphatic carbocycles. The van der Waals surface area contributed by atoms with Gasteiger partial charge in [-0.05, 0) is 24.6 Å². The number of aromatic nitrogens is 3. The van der Waals surface area contributed by atoms with Crippen LogP contribution in [0.2, 0.25) is 5.02 Å². The summed E-state index contributed by atoms with van der Waals surface area (Å²) < 4.78 is 46.8. The number of benzene rings is 1. The normalized spacial score (nSPS) is 10.9. The van der Waals surface area contributed by atoms with Gasteiger partial charge >= 0.3 is 0 Å². The van der Waals surface area contributed by atoms with E-state index in [4.69, 9.17) is 21.6 Å². The van der Waals surface area contributed by atoms with Crippen molar-refractivity contribution in [1.82, 2.24) is 14.5 Å². The Morgan fingerprint density at radius 1 is 1.31 bits per heavy atom. The summed E-state index contributed by atoms with van der Waals surface area (Å²) in [5.74, 6) is -2.35. The van der Waals surface area contributed by atoms with Crippen molar-refractivity contribution in [2.24, 2.45) is 0 Å². The van der Waals surface area contributed by atoms with Crippen molar-refractivity contribution in [2.75, 3.05) is 0 Å². The van der Waals surface area contributed by atoms with Crippen molar-refractivity contribution in [3.8, 4) is 17.6 Å². The van der Waals surface area contributed by atoms with E-state index in [9.17, 15) is 22.8 Å². The molecule has 3 aromatic rings. The minimum absolute atomic E-state index is 0.0554. The smallest absolute Gasteiger partial charge is 0.296 e. The molecule has 0 atom stereocenters. The van der Waals surface area contributed by atoms with Crippen LogP contribution in [-0.2, 0) is 19.4 Å². The number of alkyl halides is 2. The van der Waals surface area contributed by atoms with Gasteiger partial charge in [0.2, 0.25) is 12.2 Å². The molecule has 166 valence electrons. The summed E-state index contributed by atoms with van der Waals surface area (Å²) in [5.41, 5.74) is -1.27. The zero-order valence-electron chi connectivity index (χ0n) is 16.7. The number of rotatable bonds is 7. The Kier molecular flexibility index (Phi) is 7.00. The number of hydrogen-bond acceptors (Lipinski definition) is 5. The fourth-order valence-corrected chi connectivity index (χ4v) is 3.11. The zero-order valence-corrected chi connectivity index (χ0v) is 17.4. The molecule has 2 aromatic heterocycles. The number of H-pyrrole nitrogens is 1. The van der Waals surface area contributed by atoms with Crippen LogP contribution in [-0.4, -0.2) is 21.0 Å². The van der Waals surface area contributed by atoms with Crippen molar-refractivity contribution in [3.05, 3.63) is 84.7 Å². The van der Waals surface area contributed by atoms with E-state index in [2.05, 4.69) is 9.97 Å². The van der Waals surface area contributed by atoms with Gasteiger partial charge in [-0.15, -0.1) is 0 Å². The molecular weight excluding hydrogens is 449 g/mol. The van der Waals surface area contributed by atoms with Gasteiger partial charge in [0.15, 0.2) is 11.6 Å². The van der Waals surface area contributed by atoms with Gasteiger partial charge in [0.1, 0.15) is 6.07 Å². The molecule has 0 radical (unpaired) electrons. The third-order valence-corrected chi connectivity index (χ3v) is 4.75. The van der Waals surface area contributed by atoms with E-state index >= 15 is 0 Å². The third-order valence-electron chi connectivity index (χ3n) is 4.53. The summed E-state index contributed by atoms with van der Waals surface area (Å²) in [6, 6.07) is 6.87. The average Bonchev–Trinajstić information content (AvgIpc) is 2.75. The van der Waals surface area contributed by atoms with Crippen LogP contribution < -0.4 is 15.9 Å². The van der Waals surface area contributed by atoms with Crippen LogP contribution >= 0.6 is 11.6 Å². The highest BCUT2D eigenvalue weighted by Crippen LogP contribution is 2.30. The Morgan fingerprint density at radius 2 is 2.06 bits per heavy atom. The fourth-order valence-electron chi connectivity index (χ4n) is 2.90. The van der Waals surface area contributed by atoms with Gasteiger partial charge in [-0.3, -0.25) is 14.2 Å². The summed E-state index contributed by atoms with van der Waals surface area (Å²) in [5, 5.41) is 8.96. The first kappa shape index (κ1) is 23.1. The lowest BCUT2D eigenvalue weighted by atomic mass is 10.2. The molecule has 0 spiro atoms. The number of nitrogens with zero attached hydrogens (tertiary/aromatic N) is 3. The highest BCUT2D eigenvalue weighted by atomic mass is 35.5. The summed E-state index contributed by atoms with van der Waals surface area (Å²) in [6.07, 6.45) is -2.17. The summed E-state index contributed by atoms with van der Waals surface area (Å²) in [7, 11) is 0. The van der Waals surface area contributed by atoms with Crippen molar-refractivity contribution >= 4 is 11.6 Å². The first-order chi connectivity index (χ1) is 15.2. The van der Waals surface area contributed by atoms with Gasteiger partial charge in [0.25, 0.3) is 11.1 Å². The van der Waals surface area contributed by atoms with E-state index in [0.29, 0.717) is 12.1 Å². The van der Waals surface area contributed by atoms with Crippen LogP contribution in [0.1, 0.15) is 29.4 Å². The number of hydrogen-bond donors (Lipinski definition) is 1. The number of aromatic amines is 1. The van der Waals surface area contributed by atoms with Gasteiger partial charge in [-0.2, -0.15) is 5.26 Å². The van der Waals surface area contributed by atoms with Crippen molar-refractivity contribution in [1.29, 1.82) is 5.26 Å². The summed E-state index contributed by atoms with van der Waals surface area (Å²) >= 11 is 5.86. The minimum Gasteiger partial charge on any atom is -0.446 e. The molecule has 0 aliphatic heterocycles. The molecule has 7 nitrogen and oxygen atoms in total. The lowest BCUT2D eigenvalue weighted by molar-refractivity contribution is 0.146. The average molecular weight is 465 g/mol. The number of aryl methyl sites for hydroxylation is 1. The monoisotopic (exact) mass is 464 g/mol. The Labute approximate surface area is 184 Å². The molecular formula is C21H16ClF3N4O3. The van der Waals surface area contributed by atoms with E-state index < -0.39 is 52.5 Å². The minimum atomic E-state index is -2.86. The Hall–Kier alpha value is -3.58. The van der Waals surface area contributed by atoms with Gasteiger partial charge in [-0.25, -0.2) is 18.2 Å². The predicted octanol–water partition coefficient (Wildman–Crippen LogP) is 3.81. The molecule has 0 amide bonds. The molecule has 0 bridgehead atoms. The van der Waals surface area contributed by atoms with E-state index in [1.165, 1.54) is 6.07 Å². The van der Waals surface area contributed by atoms with E-state index in [1.54, 1.807) is 12.1 Å². The van der Waals surface area contributed by atoms with Crippen LogP contribution in [0.4, 0.5) is 13.2 Å². The quantitative estimate of drug-likeness (QED) is 0.573. The van der Waals surface area contributed by atoms with Gasteiger partial charge in [0.05, 0.1) is 30.6 Å². The van der Waals surface area contributed by atoms with Crippen LogP contribution in [0, 0.1) is 17.1 Å². The van der Waals surface area contributed by atoms with Crippen molar-refractivity contribution < 1.29 is 17.9 Å². The molecule has 11 heteroatoms. The van der Waals surface area contributed by atoms with Crippen LogP contribution in [0.25, 0.3) is 0 Å². The molecule has 0 saturated carbocycles. The molecule has 3 rings (SSSR count). The second-order valence-corrected chi connectivity index (χ2v) is 7.16. The number of halogens is 4. The second kappa shape index (κ2) is 9.70. The first-order valence-corrected chi connectivity index (χ1v) is 9.75. The fraction of sp³-hybridized carbons (Fsp3) is 0.238. The molecule has 2 heterocycles. The number of nitriles is 1. The number of pyridine rings is 1. The second-order valence-electron chi connectivity index (χ2n) is 6.72. The van der Waals surface area contributed by atoms with E-state index in [1.807, 2.05) is 6.92 Å². The molecule has 0 fully saturated rings. The summed E-state index contributed by atoms with van der Waals surface area (Å²) in [6.45, 7) is 1.63. The molecule has 0 saturated heterocycles. The Balaban J connectivity index is 2.08. The molecule has 0 aliphatic rings. The number of ether oxygens (including phenoxy) is 1. The third kappa shape index (κ3) is 5.00. The molecule has 1 aromatic carbocycles. The van der Waals surface area contributed by atoms with E-state index in [-0.39, 0.29) is 17.1 Å². The van der Waals surface area contributed by atoms with Gasteiger partial charge < -0.3 is 9.72 Å². The van der Waals surface area contributed by atoms with Crippen LogP contribution in [0.15, 0.2) is 40.2 Å². The standard InChI is InChI=1S/C21H16ClF3N4O3/c1-2-14-4-3-11(20(30)28-14)9-29-10-27-15(7-17(23)24)19(21(29)31)32-16-6-13(22)5-12(8-26)18(16)25/h3-6,10,17H,2,7,9H2,1H3,(H,28,30). The predicted molar refractivity (Wildman–Crippen MR) is 110 cm³/mol. The lowest BCUT2D eigenvalue weighted by Gasteiger charge is -2.14. The highest BCUT2D eigenvalue weighted by molar-refractivity contribution is 6.30. The maximum atomic E-state index is 14.5.